The third kappa shape index (κ3) is 1.13. The molecule has 0 aliphatic carbocycles. The van der Waals surface area contributed by atoms with Gasteiger partial charge in [-0.2, -0.15) is 0 Å². The van der Waals surface area contributed by atoms with Gasteiger partial charge in [0.15, 0.2) is 0 Å². The monoisotopic (exact) mass is 229 g/mol. The molecule has 0 aliphatic heterocycles. The van der Waals surface area contributed by atoms with E-state index >= 15 is 0 Å². The van der Waals surface area contributed by atoms with Crippen LogP contribution in [0.5, 0.6) is 0 Å². The van der Waals surface area contributed by atoms with Gasteiger partial charge in [-0.15, -0.1) is 0 Å². The summed E-state index contributed by atoms with van der Waals surface area (Å²) in [7, 11) is 3.33. The number of para-hydroxylation sites is 2. The summed E-state index contributed by atoms with van der Waals surface area (Å²) in [5, 5.41) is 0. The van der Waals surface area contributed by atoms with E-state index in [1.165, 1.54) is 13.1 Å². The molecule has 0 amide bonds. The Labute approximate surface area is 96.1 Å². The van der Waals surface area contributed by atoms with E-state index in [9.17, 15) is 9.59 Å². The molecule has 5 heteroatoms. The fraction of sp³-hybridized carbons (Fsp3) is 0.167. The van der Waals surface area contributed by atoms with Crippen molar-refractivity contribution in [3.05, 3.63) is 51.2 Å². The molecule has 0 radical (unpaired) electrons. The Balaban J connectivity index is 2.79. The zero-order valence-electron chi connectivity index (χ0n) is 9.54. The summed E-state index contributed by atoms with van der Waals surface area (Å²) >= 11 is 0. The van der Waals surface area contributed by atoms with Crippen LogP contribution in [0.4, 0.5) is 0 Å². The highest BCUT2D eigenvalue weighted by Crippen LogP contribution is 2.16. The lowest BCUT2D eigenvalue weighted by Crippen LogP contribution is -2.34. The summed E-state index contributed by atoms with van der Waals surface area (Å²) in [5.41, 5.74) is 1.74. The summed E-state index contributed by atoms with van der Waals surface area (Å²) in [4.78, 5) is 23.7. The maximum Gasteiger partial charge on any atom is 0.337 e. The van der Waals surface area contributed by atoms with Gasteiger partial charge >= 0.3 is 5.69 Å². The number of rotatable bonds is 0. The summed E-state index contributed by atoms with van der Waals surface area (Å²) < 4.78 is 4.51. The number of benzene rings is 1. The number of fused-ring (bicyclic) bond motifs is 3. The summed E-state index contributed by atoms with van der Waals surface area (Å²) in [6.07, 6.45) is 0. The zero-order valence-corrected chi connectivity index (χ0v) is 9.54. The van der Waals surface area contributed by atoms with Gasteiger partial charge in [-0.05, 0) is 12.1 Å². The molecule has 2 aromatic heterocycles. The maximum absolute atomic E-state index is 12.1. The summed E-state index contributed by atoms with van der Waals surface area (Å²) in [5.74, 6) is 0. The predicted octanol–water partition coefficient (Wildman–Crippen LogP) is 0.490. The van der Waals surface area contributed by atoms with Gasteiger partial charge in [-0.25, -0.2) is 9.20 Å². The molecule has 5 nitrogen and oxygen atoms in total. The van der Waals surface area contributed by atoms with Crippen LogP contribution >= 0.6 is 0 Å². The van der Waals surface area contributed by atoms with Crippen molar-refractivity contribution in [1.82, 2.24) is 13.5 Å². The molecule has 17 heavy (non-hydrogen) atoms. The summed E-state index contributed by atoms with van der Waals surface area (Å²) in [6.45, 7) is 0. The van der Waals surface area contributed by atoms with Crippen molar-refractivity contribution in [2.24, 2.45) is 14.1 Å². The van der Waals surface area contributed by atoms with Gasteiger partial charge in [-0.1, -0.05) is 12.1 Å². The lowest BCUT2D eigenvalue weighted by atomic mass is 10.3. The first-order valence-corrected chi connectivity index (χ1v) is 5.27. The van der Waals surface area contributed by atoms with Gasteiger partial charge in [-0.3, -0.25) is 9.36 Å². The Morgan fingerprint density at radius 2 is 1.59 bits per heavy atom. The van der Waals surface area contributed by atoms with Crippen molar-refractivity contribution < 1.29 is 0 Å². The van der Waals surface area contributed by atoms with E-state index in [1.54, 1.807) is 4.40 Å². The molecular weight excluding hydrogens is 218 g/mol. The number of imidazole rings is 1. The van der Waals surface area contributed by atoms with E-state index < -0.39 is 0 Å². The average Bonchev–Trinajstić information content (AvgIpc) is 2.61. The molecular formula is C12H11N3O2. The highest BCUT2D eigenvalue weighted by Gasteiger charge is 2.11. The van der Waals surface area contributed by atoms with Gasteiger partial charge in [0.05, 0.1) is 11.0 Å². The second kappa shape index (κ2) is 3.10. The largest absolute Gasteiger partial charge is 0.337 e. The lowest BCUT2D eigenvalue weighted by Gasteiger charge is -1.99. The quantitative estimate of drug-likeness (QED) is 0.563. The lowest BCUT2D eigenvalue weighted by molar-refractivity contribution is 0.759. The molecule has 0 unspecified atom stereocenters. The second-order valence-corrected chi connectivity index (χ2v) is 4.07. The highest BCUT2D eigenvalue weighted by atomic mass is 16.2. The first kappa shape index (κ1) is 9.89. The van der Waals surface area contributed by atoms with Crippen molar-refractivity contribution >= 4 is 16.7 Å². The number of nitrogens with zero attached hydrogens (tertiary/aromatic N) is 3. The highest BCUT2D eigenvalue weighted by molar-refractivity contribution is 5.81. The van der Waals surface area contributed by atoms with Crippen LogP contribution in [0.2, 0.25) is 0 Å². The third-order valence-electron chi connectivity index (χ3n) is 3.12. The van der Waals surface area contributed by atoms with Gasteiger partial charge in [0.1, 0.15) is 5.65 Å². The summed E-state index contributed by atoms with van der Waals surface area (Å²) in [6, 6.07) is 9.05. The molecule has 0 spiro atoms. The third-order valence-corrected chi connectivity index (χ3v) is 3.12. The molecule has 0 atom stereocenters. The Morgan fingerprint density at radius 1 is 0.941 bits per heavy atom. The van der Waals surface area contributed by atoms with Gasteiger partial charge in [0.2, 0.25) is 0 Å². The minimum absolute atomic E-state index is 0.291. The van der Waals surface area contributed by atoms with Crippen LogP contribution in [-0.4, -0.2) is 13.5 Å². The van der Waals surface area contributed by atoms with Crippen LogP contribution in [0.15, 0.2) is 39.9 Å². The fourth-order valence-electron chi connectivity index (χ4n) is 2.15. The number of hydrogen-bond donors (Lipinski definition) is 0. The minimum Gasteiger partial charge on any atom is -0.329 e. The molecule has 0 saturated carbocycles. The molecule has 3 rings (SSSR count). The van der Waals surface area contributed by atoms with Crippen LogP contribution < -0.4 is 11.2 Å². The van der Waals surface area contributed by atoms with E-state index in [2.05, 4.69) is 0 Å². The molecule has 2 heterocycles. The standard InChI is InChI=1S/C12H11N3O2/c1-13-8-5-3-4-6-9(8)15-10(13)7-11(16)14(2)12(15)17/h3-7H,1-2H3. The number of aryl methyl sites for hydroxylation is 1. The predicted molar refractivity (Wildman–Crippen MR) is 65.4 cm³/mol. The van der Waals surface area contributed by atoms with Crippen molar-refractivity contribution in [3.8, 4) is 0 Å². The first-order chi connectivity index (χ1) is 8.11. The Bertz CT molecular complexity index is 852. The molecule has 0 aliphatic rings. The first-order valence-electron chi connectivity index (χ1n) is 5.27. The maximum atomic E-state index is 12.1. The van der Waals surface area contributed by atoms with E-state index in [4.69, 9.17) is 0 Å². The minimum atomic E-state index is -0.315. The smallest absolute Gasteiger partial charge is 0.329 e. The van der Waals surface area contributed by atoms with Crippen LogP contribution in [0, 0.1) is 0 Å². The van der Waals surface area contributed by atoms with Crippen LogP contribution in [0.1, 0.15) is 0 Å². The van der Waals surface area contributed by atoms with Crippen LogP contribution in [0.3, 0.4) is 0 Å². The SMILES string of the molecule is Cn1c(=O)cc2n(C)c3ccccc3n2c1=O. The molecule has 3 aromatic rings. The van der Waals surface area contributed by atoms with Crippen molar-refractivity contribution in [2.75, 3.05) is 0 Å². The van der Waals surface area contributed by atoms with Crippen molar-refractivity contribution in [3.63, 3.8) is 0 Å². The Morgan fingerprint density at radius 3 is 2.29 bits per heavy atom. The van der Waals surface area contributed by atoms with E-state index in [0.29, 0.717) is 5.65 Å². The molecule has 0 N–H and O–H groups in total. The molecule has 0 saturated heterocycles. The van der Waals surface area contributed by atoms with Gasteiger partial charge in [0.25, 0.3) is 5.56 Å². The molecule has 0 fully saturated rings. The van der Waals surface area contributed by atoms with E-state index in [1.807, 2.05) is 35.9 Å². The normalized spacial score (nSPS) is 11.4. The molecule has 86 valence electrons. The Kier molecular flexibility index (Phi) is 1.80. The van der Waals surface area contributed by atoms with Crippen molar-refractivity contribution in [2.45, 2.75) is 0 Å². The fourth-order valence-corrected chi connectivity index (χ4v) is 2.15. The molecule has 0 bridgehead atoms. The second-order valence-electron chi connectivity index (χ2n) is 4.07. The van der Waals surface area contributed by atoms with Crippen molar-refractivity contribution in [1.29, 1.82) is 0 Å². The topological polar surface area (TPSA) is 48.4 Å². The van der Waals surface area contributed by atoms with E-state index in [-0.39, 0.29) is 11.2 Å². The average molecular weight is 229 g/mol. The van der Waals surface area contributed by atoms with Crippen LogP contribution in [0.25, 0.3) is 16.7 Å². The Hall–Kier alpha value is -2.30. The molecule has 1 aromatic carbocycles. The number of hydrogen-bond acceptors (Lipinski definition) is 2. The van der Waals surface area contributed by atoms with Gasteiger partial charge in [0, 0.05) is 20.2 Å². The number of aromatic nitrogens is 3. The van der Waals surface area contributed by atoms with Gasteiger partial charge < -0.3 is 4.57 Å². The van der Waals surface area contributed by atoms with E-state index in [0.717, 1.165) is 15.6 Å². The van der Waals surface area contributed by atoms with Crippen LogP contribution in [-0.2, 0) is 14.1 Å². The zero-order chi connectivity index (χ0) is 12.2.